The number of carbonyl (C=O) groups excluding carboxylic acids is 3. The number of carbonyl (C=O) groups is 3. The molecule has 1 unspecified atom stereocenters. The molecule has 8 heteroatoms. The Morgan fingerprint density at radius 2 is 1.89 bits per heavy atom. The van der Waals surface area contributed by atoms with Crippen molar-refractivity contribution in [2.75, 3.05) is 34.0 Å². The van der Waals surface area contributed by atoms with Gasteiger partial charge < -0.3 is 23.8 Å². The molecule has 8 nitrogen and oxygen atoms in total. The van der Waals surface area contributed by atoms with Crippen LogP contribution >= 0.6 is 0 Å². The fraction of sp³-hybridized carbons (Fsp3) is 0.550. The first kappa shape index (κ1) is 21.5. The van der Waals surface area contributed by atoms with Crippen molar-refractivity contribution in [3.8, 4) is 11.5 Å². The number of nitrogens with zero attached hydrogens (tertiary/aromatic N) is 1. The Hall–Kier alpha value is -2.77. The highest BCUT2D eigenvalue weighted by Crippen LogP contribution is 2.25. The van der Waals surface area contributed by atoms with Crippen molar-refractivity contribution in [1.29, 1.82) is 0 Å². The normalized spacial score (nSPS) is 16.2. The summed E-state index contributed by atoms with van der Waals surface area (Å²) in [6.45, 7) is 2.03. The molecule has 0 saturated carbocycles. The Morgan fingerprint density at radius 3 is 2.57 bits per heavy atom. The third kappa shape index (κ3) is 5.61. The number of rotatable bonds is 8. The van der Waals surface area contributed by atoms with Gasteiger partial charge >= 0.3 is 11.9 Å². The van der Waals surface area contributed by atoms with E-state index in [4.69, 9.17) is 18.9 Å². The number of methoxy groups -OCH3 is 2. The summed E-state index contributed by atoms with van der Waals surface area (Å²) in [7, 11) is 3.04. The molecule has 1 aliphatic rings. The quantitative estimate of drug-likeness (QED) is 0.621. The van der Waals surface area contributed by atoms with Crippen LogP contribution in [0.2, 0.25) is 0 Å². The number of hydrogen-bond acceptors (Lipinski definition) is 7. The van der Waals surface area contributed by atoms with Crippen molar-refractivity contribution in [2.45, 2.75) is 38.6 Å². The number of piperidine rings is 1. The van der Waals surface area contributed by atoms with Gasteiger partial charge in [-0.3, -0.25) is 9.59 Å². The van der Waals surface area contributed by atoms with Gasteiger partial charge in [-0.1, -0.05) is 6.07 Å². The van der Waals surface area contributed by atoms with E-state index in [0.29, 0.717) is 30.0 Å². The standard InChI is InChI=1S/C20H27NO7/c1-4-27-20(24)16-7-5-6-10-21(16)18(22)13-28-19(23)11-14-8-9-15(25-2)12-17(14)26-3/h8-9,12,16H,4-7,10-11,13H2,1-3H3. The summed E-state index contributed by atoms with van der Waals surface area (Å²) >= 11 is 0. The average molecular weight is 393 g/mol. The third-order valence-corrected chi connectivity index (χ3v) is 4.57. The lowest BCUT2D eigenvalue weighted by Crippen LogP contribution is -2.50. The summed E-state index contributed by atoms with van der Waals surface area (Å²) in [5, 5.41) is 0. The summed E-state index contributed by atoms with van der Waals surface area (Å²) in [6.07, 6.45) is 2.17. The predicted octanol–water partition coefficient (Wildman–Crippen LogP) is 1.73. The maximum absolute atomic E-state index is 12.5. The number of esters is 2. The van der Waals surface area contributed by atoms with E-state index in [0.717, 1.165) is 12.8 Å². The second-order valence-electron chi connectivity index (χ2n) is 6.37. The second kappa shape index (κ2) is 10.5. The van der Waals surface area contributed by atoms with Gasteiger partial charge in [-0.2, -0.15) is 0 Å². The molecule has 1 amide bonds. The predicted molar refractivity (Wildman–Crippen MR) is 100 cm³/mol. The summed E-state index contributed by atoms with van der Waals surface area (Å²) in [4.78, 5) is 38.2. The Morgan fingerprint density at radius 1 is 1.11 bits per heavy atom. The molecule has 1 aromatic carbocycles. The highest BCUT2D eigenvalue weighted by atomic mass is 16.5. The molecular weight excluding hydrogens is 366 g/mol. The zero-order valence-corrected chi connectivity index (χ0v) is 16.6. The van der Waals surface area contributed by atoms with Gasteiger partial charge in [-0.15, -0.1) is 0 Å². The average Bonchev–Trinajstić information content (AvgIpc) is 2.72. The van der Waals surface area contributed by atoms with Crippen LogP contribution in [-0.2, 0) is 30.3 Å². The second-order valence-corrected chi connectivity index (χ2v) is 6.37. The van der Waals surface area contributed by atoms with Crippen molar-refractivity contribution < 1.29 is 33.3 Å². The SMILES string of the molecule is CCOC(=O)C1CCCCN1C(=O)COC(=O)Cc1ccc(OC)cc1OC. The van der Waals surface area contributed by atoms with Gasteiger partial charge in [-0.05, 0) is 32.3 Å². The lowest BCUT2D eigenvalue weighted by atomic mass is 10.0. The van der Waals surface area contributed by atoms with Gasteiger partial charge in [0, 0.05) is 18.2 Å². The van der Waals surface area contributed by atoms with Gasteiger partial charge in [0.05, 0.1) is 27.2 Å². The monoisotopic (exact) mass is 393 g/mol. The summed E-state index contributed by atoms with van der Waals surface area (Å²) in [6, 6.07) is 4.49. The maximum atomic E-state index is 12.5. The molecule has 0 N–H and O–H groups in total. The van der Waals surface area contributed by atoms with Crippen LogP contribution in [-0.4, -0.2) is 62.8 Å². The molecular formula is C20H27NO7. The fourth-order valence-corrected chi connectivity index (χ4v) is 3.14. The van der Waals surface area contributed by atoms with Gasteiger partial charge in [-0.25, -0.2) is 4.79 Å². The Labute approximate surface area is 164 Å². The van der Waals surface area contributed by atoms with E-state index in [9.17, 15) is 14.4 Å². The largest absolute Gasteiger partial charge is 0.497 e. The molecule has 0 aliphatic carbocycles. The molecule has 1 heterocycles. The van der Waals surface area contributed by atoms with Crippen LogP contribution in [0, 0.1) is 0 Å². The van der Waals surface area contributed by atoms with Crippen molar-refractivity contribution in [3.05, 3.63) is 23.8 Å². The molecule has 28 heavy (non-hydrogen) atoms. The smallest absolute Gasteiger partial charge is 0.328 e. The minimum Gasteiger partial charge on any atom is -0.497 e. The molecule has 0 radical (unpaired) electrons. The van der Waals surface area contributed by atoms with Crippen LogP contribution in [0.25, 0.3) is 0 Å². The molecule has 0 bridgehead atoms. The van der Waals surface area contributed by atoms with E-state index in [1.807, 2.05) is 0 Å². The zero-order valence-electron chi connectivity index (χ0n) is 16.6. The van der Waals surface area contributed by atoms with E-state index >= 15 is 0 Å². The van der Waals surface area contributed by atoms with E-state index in [1.165, 1.54) is 12.0 Å². The molecule has 1 aliphatic heterocycles. The van der Waals surface area contributed by atoms with Crippen molar-refractivity contribution in [1.82, 2.24) is 4.90 Å². The molecule has 154 valence electrons. The first-order valence-electron chi connectivity index (χ1n) is 9.32. The first-order chi connectivity index (χ1) is 13.5. The summed E-state index contributed by atoms with van der Waals surface area (Å²) < 4.78 is 20.6. The topological polar surface area (TPSA) is 91.4 Å². The van der Waals surface area contributed by atoms with Crippen LogP contribution in [0.5, 0.6) is 11.5 Å². The lowest BCUT2D eigenvalue weighted by Gasteiger charge is -2.33. The van der Waals surface area contributed by atoms with Gasteiger partial charge in [0.2, 0.25) is 0 Å². The van der Waals surface area contributed by atoms with Gasteiger partial charge in [0.25, 0.3) is 5.91 Å². The fourth-order valence-electron chi connectivity index (χ4n) is 3.14. The molecule has 0 spiro atoms. The molecule has 2 rings (SSSR count). The van der Waals surface area contributed by atoms with Gasteiger partial charge in [0.15, 0.2) is 6.61 Å². The highest BCUT2D eigenvalue weighted by molar-refractivity contribution is 5.86. The Balaban J connectivity index is 1.92. The van der Waals surface area contributed by atoms with Crippen LogP contribution in [0.4, 0.5) is 0 Å². The number of likely N-dealkylation sites (tertiary alicyclic amines) is 1. The number of benzene rings is 1. The molecule has 0 aromatic heterocycles. The van der Waals surface area contributed by atoms with E-state index in [1.54, 1.807) is 32.2 Å². The van der Waals surface area contributed by atoms with E-state index in [2.05, 4.69) is 0 Å². The zero-order chi connectivity index (χ0) is 20.5. The lowest BCUT2D eigenvalue weighted by molar-refractivity contribution is -0.160. The van der Waals surface area contributed by atoms with Crippen molar-refractivity contribution in [2.24, 2.45) is 0 Å². The molecule has 1 fully saturated rings. The third-order valence-electron chi connectivity index (χ3n) is 4.57. The van der Waals surface area contributed by atoms with Crippen molar-refractivity contribution in [3.63, 3.8) is 0 Å². The Kier molecular flexibility index (Phi) is 8.10. The number of amides is 1. The van der Waals surface area contributed by atoms with Crippen LogP contribution in [0.3, 0.4) is 0 Å². The first-order valence-corrected chi connectivity index (χ1v) is 9.32. The Bertz CT molecular complexity index is 704. The molecule has 1 atom stereocenters. The van der Waals surface area contributed by atoms with Crippen LogP contribution in [0.1, 0.15) is 31.7 Å². The summed E-state index contributed by atoms with van der Waals surface area (Å²) in [5.41, 5.74) is 0.628. The number of hydrogen-bond donors (Lipinski definition) is 0. The van der Waals surface area contributed by atoms with Gasteiger partial charge in [0.1, 0.15) is 17.5 Å². The maximum Gasteiger partial charge on any atom is 0.328 e. The molecule has 1 aromatic rings. The molecule has 1 saturated heterocycles. The van der Waals surface area contributed by atoms with Crippen LogP contribution < -0.4 is 9.47 Å². The van der Waals surface area contributed by atoms with Crippen LogP contribution in [0.15, 0.2) is 18.2 Å². The van der Waals surface area contributed by atoms with Crippen molar-refractivity contribution >= 4 is 17.8 Å². The van der Waals surface area contributed by atoms with E-state index < -0.39 is 30.5 Å². The number of ether oxygens (including phenoxy) is 4. The minimum atomic E-state index is -0.610. The summed E-state index contributed by atoms with van der Waals surface area (Å²) in [5.74, 6) is -0.251. The minimum absolute atomic E-state index is 0.0399. The van der Waals surface area contributed by atoms with E-state index in [-0.39, 0.29) is 13.0 Å². The highest BCUT2D eigenvalue weighted by Gasteiger charge is 2.33.